The van der Waals surface area contributed by atoms with Crippen LogP contribution in [-0.2, 0) is 18.1 Å². The van der Waals surface area contributed by atoms with Gasteiger partial charge in [0.15, 0.2) is 0 Å². The highest BCUT2D eigenvalue weighted by molar-refractivity contribution is 6.60. The third kappa shape index (κ3) is 12.6. The van der Waals surface area contributed by atoms with E-state index in [9.17, 15) is 4.79 Å². The van der Waals surface area contributed by atoms with Gasteiger partial charge < -0.3 is 23.7 Å². The zero-order valence-corrected chi connectivity index (χ0v) is 16.1. The van der Waals surface area contributed by atoms with Crippen LogP contribution in [0.1, 0.15) is 57.8 Å². The van der Waals surface area contributed by atoms with Gasteiger partial charge in [0.05, 0.1) is 6.42 Å². The zero-order valence-electron chi connectivity index (χ0n) is 15.1. The van der Waals surface area contributed by atoms with E-state index < -0.39 is 14.8 Å². The summed E-state index contributed by atoms with van der Waals surface area (Å²) in [5, 5.41) is 11.7. The summed E-state index contributed by atoms with van der Waals surface area (Å²) in [7, 11) is 2.62. The Balaban J connectivity index is 3.29. The molecule has 0 unspecified atom stereocenters. The molecule has 0 bridgehead atoms. The van der Waals surface area contributed by atoms with Crippen molar-refractivity contribution >= 4 is 14.8 Å². The van der Waals surface area contributed by atoms with Gasteiger partial charge in [-0.05, 0) is 19.4 Å². The molecule has 0 aliphatic heterocycles. The first kappa shape index (κ1) is 22.5. The Labute approximate surface area is 142 Å². The molecule has 23 heavy (non-hydrogen) atoms. The number of carboxylic acids is 1. The van der Waals surface area contributed by atoms with Crippen LogP contribution in [-0.4, -0.2) is 54.3 Å². The Morgan fingerprint density at radius 2 is 1.30 bits per heavy atom. The van der Waals surface area contributed by atoms with Gasteiger partial charge in [0.25, 0.3) is 0 Å². The number of unbranched alkanes of at least 4 members (excludes halogenated alkanes) is 7. The van der Waals surface area contributed by atoms with E-state index in [0.717, 1.165) is 25.4 Å². The molecular weight excluding hydrogens is 314 g/mol. The van der Waals surface area contributed by atoms with E-state index in [2.05, 4.69) is 5.32 Å². The second kappa shape index (κ2) is 15.1. The Hall–Kier alpha value is -0.473. The van der Waals surface area contributed by atoms with Crippen LogP contribution in [0.25, 0.3) is 0 Å². The van der Waals surface area contributed by atoms with Crippen molar-refractivity contribution < 1.29 is 23.2 Å². The largest absolute Gasteiger partial charge is 0.500 e. The normalized spacial score (nSPS) is 11.8. The van der Waals surface area contributed by atoms with E-state index in [1.165, 1.54) is 38.5 Å². The molecule has 0 rings (SSSR count). The summed E-state index contributed by atoms with van der Waals surface area (Å²) in [6.07, 6.45) is 9.89. The summed E-state index contributed by atoms with van der Waals surface area (Å²) in [6, 6.07) is 0.887. The molecule has 0 aliphatic rings. The number of hydrogen-bond acceptors (Lipinski definition) is 5. The van der Waals surface area contributed by atoms with Crippen LogP contribution in [0.3, 0.4) is 0 Å². The smallest absolute Gasteiger partial charge is 0.481 e. The van der Waals surface area contributed by atoms with Gasteiger partial charge >= 0.3 is 14.8 Å². The van der Waals surface area contributed by atoms with Crippen molar-refractivity contribution in [2.45, 2.75) is 63.8 Å². The first-order valence-corrected chi connectivity index (χ1v) is 10.6. The molecule has 0 aliphatic carbocycles. The number of nitrogens with one attached hydrogen (secondary N) is 1. The topological polar surface area (TPSA) is 77.0 Å². The van der Waals surface area contributed by atoms with Crippen LogP contribution in [0, 0.1) is 0 Å². The van der Waals surface area contributed by atoms with Gasteiger partial charge in [-0.25, -0.2) is 0 Å². The Bertz CT molecular complexity index is 279. The SMILES string of the molecule is CO[Si](CCCCCCCCCCNCCC(=O)O)(OC)OC. The third-order valence-electron chi connectivity index (χ3n) is 4.04. The highest BCUT2D eigenvalue weighted by atomic mass is 28.4. The van der Waals surface area contributed by atoms with E-state index in [1.54, 1.807) is 21.3 Å². The zero-order chi connectivity index (χ0) is 17.4. The molecule has 0 spiro atoms. The summed E-state index contributed by atoms with van der Waals surface area (Å²) < 4.78 is 16.2. The molecule has 0 saturated carbocycles. The molecule has 7 heteroatoms. The molecule has 2 N–H and O–H groups in total. The second-order valence-electron chi connectivity index (χ2n) is 5.77. The molecule has 0 heterocycles. The molecule has 0 radical (unpaired) electrons. The molecule has 0 aromatic heterocycles. The number of rotatable bonds is 17. The van der Waals surface area contributed by atoms with Crippen LogP contribution in [0.2, 0.25) is 6.04 Å². The summed E-state index contributed by atoms with van der Waals surface area (Å²) in [5.41, 5.74) is 0. The number of hydrogen-bond donors (Lipinski definition) is 2. The van der Waals surface area contributed by atoms with Gasteiger partial charge in [0.1, 0.15) is 0 Å². The fourth-order valence-corrected chi connectivity index (χ4v) is 4.32. The lowest BCUT2D eigenvalue weighted by molar-refractivity contribution is -0.136. The molecule has 0 amide bonds. The average Bonchev–Trinajstić information content (AvgIpc) is 2.56. The lowest BCUT2D eigenvalue weighted by Gasteiger charge is -2.24. The first-order chi connectivity index (χ1) is 11.1. The average molecular weight is 350 g/mol. The molecule has 138 valence electrons. The molecule has 0 fully saturated rings. The third-order valence-corrected chi connectivity index (χ3v) is 6.87. The van der Waals surface area contributed by atoms with E-state index in [1.807, 2.05) is 0 Å². The molecule has 6 nitrogen and oxygen atoms in total. The van der Waals surface area contributed by atoms with E-state index in [0.29, 0.717) is 6.54 Å². The maximum absolute atomic E-state index is 10.3. The van der Waals surface area contributed by atoms with E-state index in [4.69, 9.17) is 18.4 Å². The molecule has 0 aromatic carbocycles. The number of carboxylic acid groups (broad SMARTS) is 1. The molecule has 0 saturated heterocycles. The predicted octanol–water partition coefficient (Wildman–Crippen LogP) is 3.05. The first-order valence-electron chi connectivity index (χ1n) is 8.68. The van der Waals surface area contributed by atoms with Gasteiger partial charge in [-0.2, -0.15) is 0 Å². The molecule has 0 aromatic rings. The summed E-state index contributed by atoms with van der Waals surface area (Å²) in [6.45, 7) is 1.50. The van der Waals surface area contributed by atoms with Gasteiger partial charge in [0, 0.05) is 33.9 Å². The quantitative estimate of drug-likeness (QED) is 0.310. The Morgan fingerprint density at radius 3 is 1.78 bits per heavy atom. The van der Waals surface area contributed by atoms with Crippen molar-refractivity contribution in [2.24, 2.45) is 0 Å². The summed E-state index contributed by atoms with van der Waals surface area (Å²) >= 11 is 0. The minimum absolute atomic E-state index is 0.208. The second-order valence-corrected chi connectivity index (χ2v) is 8.86. The van der Waals surface area contributed by atoms with Gasteiger partial charge in [-0.1, -0.05) is 38.5 Å². The van der Waals surface area contributed by atoms with Crippen molar-refractivity contribution in [1.82, 2.24) is 5.32 Å². The molecule has 0 atom stereocenters. The van der Waals surface area contributed by atoms with E-state index in [-0.39, 0.29) is 6.42 Å². The van der Waals surface area contributed by atoms with Gasteiger partial charge in [-0.3, -0.25) is 4.79 Å². The number of aliphatic carboxylic acids is 1. The van der Waals surface area contributed by atoms with Crippen LogP contribution < -0.4 is 5.32 Å². The maximum atomic E-state index is 10.3. The summed E-state index contributed by atoms with van der Waals surface area (Å²) in [5.74, 6) is -0.737. The van der Waals surface area contributed by atoms with Gasteiger partial charge in [-0.15, -0.1) is 0 Å². The Kier molecular flexibility index (Phi) is 14.8. The Morgan fingerprint density at radius 1 is 0.826 bits per heavy atom. The lowest BCUT2D eigenvalue weighted by Crippen LogP contribution is -2.42. The van der Waals surface area contributed by atoms with Crippen molar-refractivity contribution in [3.63, 3.8) is 0 Å². The summed E-state index contributed by atoms with van der Waals surface area (Å²) in [4.78, 5) is 10.3. The van der Waals surface area contributed by atoms with Crippen LogP contribution >= 0.6 is 0 Å². The van der Waals surface area contributed by atoms with Gasteiger partial charge in [0.2, 0.25) is 0 Å². The standard InChI is InChI=1S/C16H35NO5Si/c1-20-23(21-2,22-3)15-11-9-7-5-4-6-8-10-13-17-14-12-16(18)19/h17H,4-15H2,1-3H3,(H,18,19). The van der Waals surface area contributed by atoms with Crippen molar-refractivity contribution in [3.8, 4) is 0 Å². The lowest BCUT2D eigenvalue weighted by atomic mass is 10.1. The minimum Gasteiger partial charge on any atom is -0.481 e. The van der Waals surface area contributed by atoms with Crippen molar-refractivity contribution in [1.29, 1.82) is 0 Å². The van der Waals surface area contributed by atoms with Crippen molar-refractivity contribution in [3.05, 3.63) is 0 Å². The van der Waals surface area contributed by atoms with Crippen molar-refractivity contribution in [2.75, 3.05) is 34.4 Å². The fourth-order valence-electron chi connectivity index (χ4n) is 2.53. The maximum Gasteiger partial charge on any atom is 0.500 e. The fraction of sp³-hybridized carbons (Fsp3) is 0.938. The number of carbonyl (C=O) groups is 1. The van der Waals surface area contributed by atoms with Crippen LogP contribution in [0.4, 0.5) is 0 Å². The minimum atomic E-state index is -2.37. The monoisotopic (exact) mass is 349 g/mol. The van der Waals surface area contributed by atoms with Crippen LogP contribution in [0.15, 0.2) is 0 Å². The van der Waals surface area contributed by atoms with Crippen LogP contribution in [0.5, 0.6) is 0 Å². The highest BCUT2D eigenvalue weighted by Gasteiger charge is 2.36. The highest BCUT2D eigenvalue weighted by Crippen LogP contribution is 2.18. The van der Waals surface area contributed by atoms with E-state index >= 15 is 0 Å². The predicted molar refractivity (Wildman–Crippen MR) is 93.6 cm³/mol. The molecular formula is C16H35NO5Si.